The number of allylic oxidation sites excluding steroid dienone is 1. The van der Waals surface area contributed by atoms with Crippen LogP contribution in [0, 0.1) is 0 Å². The second-order valence-electron chi connectivity index (χ2n) is 12.2. The Morgan fingerprint density at radius 1 is 0.489 bits per heavy atom. The monoisotopic (exact) mass is 600 g/mol. The maximum atomic E-state index is 5.24. The molecular formula is C43H28N4. The largest absolute Gasteiger partial charge is 0.309 e. The molecule has 10 aromatic rings. The molecule has 0 radical (unpaired) electrons. The summed E-state index contributed by atoms with van der Waals surface area (Å²) in [7, 11) is 0. The van der Waals surface area contributed by atoms with Gasteiger partial charge in [0.15, 0.2) is 0 Å². The summed E-state index contributed by atoms with van der Waals surface area (Å²) in [5.74, 6) is 0. The fourth-order valence-electron chi connectivity index (χ4n) is 7.71. The van der Waals surface area contributed by atoms with Crippen LogP contribution in [0.2, 0.25) is 0 Å². The third-order valence-electron chi connectivity index (χ3n) is 9.69. The Kier molecular flexibility index (Phi) is 5.26. The molecule has 0 atom stereocenters. The topological polar surface area (TPSA) is 27.2 Å². The van der Waals surface area contributed by atoms with Gasteiger partial charge in [-0.2, -0.15) is 0 Å². The van der Waals surface area contributed by atoms with Crippen LogP contribution in [0.5, 0.6) is 0 Å². The summed E-state index contributed by atoms with van der Waals surface area (Å²) >= 11 is 0. The van der Waals surface area contributed by atoms with Crippen molar-refractivity contribution in [2.45, 2.75) is 0 Å². The van der Waals surface area contributed by atoms with Gasteiger partial charge in [-0.15, -0.1) is 0 Å². The molecule has 0 N–H and O–H groups in total. The molecule has 0 aliphatic heterocycles. The van der Waals surface area contributed by atoms with Gasteiger partial charge in [0.05, 0.1) is 38.4 Å². The van der Waals surface area contributed by atoms with E-state index < -0.39 is 0 Å². The summed E-state index contributed by atoms with van der Waals surface area (Å²) in [5, 5.41) is 9.09. The lowest BCUT2D eigenvalue weighted by atomic mass is 10.1. The highest BCUT2D eigenvalue weighted by atomic mass is 15.0. The number of rotatable bonds is 3. The number of hydrogen-bond donors (Lipinski definition) is 0. The Morgan fingerprint density at radius 2 is 1.06 bits per heavy atom. The molecule has 0 saturated carbocycles. The Hall–Kier alpha value is -6.39. The average Bonchev–Trinajstić information content (AvgIpc) is 3.75. The molecule has 10 rings (SSSR count). The van der Waals surface area contributed by atoms with E-state index in [2.05, 4.69) is 166 Å². The predicted molar refractivity (Wildman–Crippen MR) is 198 cm³/mol. The second kappa shape index (κ2) is 9.56. The SMILES string of the molecule is C=C/C=c1\c(=C)c2cc3nc4c5ccccc5c5ccccc5n4c3cc2n1-c1cccc(-n2c3ccccc3c3ccccc32)c1. The van der Waals surface area contributed by atoms with Gasteiger partial charge in [0.25, 0.3) is 0 Å². The van der Waals surface area contributed by atoms with Crippen molar-refractivity contribution in [1.29, 1.82) is 0 Å². The Labute approximate surface area is 269 Å². The van der Waals surface area contributed by atoms with Gasteiger partial charge in [0, 0.05) is 43.5 Å². The molecule has 4 nitrogen and oxygen atoms in total. The molecule has 47 heavy (non-hydrogen) atoms. The Bertz CT molecular complexity index is 3010. The maximum absolute atomic E-state index is 5.24. The molecule has 0 aliphatic rings. The van der Waals surface area contributed by atoms with E-state index in [4.69, 9.17) is 4.98 Å². The number of fused-ring (bicyclic) bond motifs is 12. The summed E-state index contributed by atoms with van der Waals surface area (Å²) in [6.07, 6.45) is 3.90. The number of benzene rings is 6. The summed E-state index contributed by atoms with van der Waals surface area (Å²) in [6, 6.07) is 47.7. The summed E-state index contributed by atoms with van der Waals surface area (Å²) in [5.41, 5.74) is 9.73. The van der Waals surface area contributed by atoms with Crippen LogP contribution < -0.4 is 10.6 Å². The predicted octanol–water partition coefficient (Wildman–Crippen LogP) is 9.21. The van der Waals surface area contributed by atoms with Crippen LogP contribution >= 0.6 is 0 Å². The van der Waals surface area contributed by atoms with Gasteiger partial charge in [-0.3, -0.25) is 4.40 Å². The zero-order valence-electron chi connectivity index (χ0n) is 25.6. The van der Waals surface area contributed by atoms with E-state index in [1.54, 1.807) is 0 Å². The lowest BCUT2D eigenvalue weighted by molar-refractivity contribution is 1.06. The van der Waals surface area contributed by atoms with Crippen molar-refractivity contribution in [3.63, 3.8) is 0 Å². The summed E-state index contributed by atoms with van der Waals surface area (Å²) in [4.78, 5) is 5.24. The van der Waals surface area contributed by atoms with Crippen molar-refractivity contribution in [3.05, 3.63) is 157 Å². The number of nitrogens with zero attached hydrogens (tertiary/aromatic N) is 4. The highest BCUT2D eigenvalue weighted by Gasteiger charge is 2.18. The van der Waals surface area contributed by atoms with Gasteiger partial charge < -0.3 is 9.13 Å². The third kappa shape index (κ3) is 3.50. The number of para-hydroxylation sites is 3. The van der Waals surface area contributed by atoms with Gasteiger partial charge in [0.1, 0.15) is 5.65 Å². The van der Waals surface area contributed by atoms with Gasteiger partial charge >= 0.3 is 0 Å². The standard InChI is InChI=1S/C43H28N4/c1-3-13-37-27(2)35-25-36-42(47-40-23-11-6-17-31(40)30-16-4-5-20-34(30)43(47)44-36)26-41(35)45(37)28-14-12-15-29(24-28)46-38-21-9-7-18-32(38)33-19-8-10-22-39(33)46/h3-26H,1-2H2/b37-13+. The fraction of sp³-hybridized carbons (Fsp3) is 0. The number of aromatic nitrogens is 4. The molecule has 0 aliphatic carbocycles. The average molecular weight is 601 g/mol. The molecule has 4 aromatic heterocycles. The van der Waals surface area contributed by atoms with Crippen molar-refractivity contribution in [1.82, 2.24) is 18.5 Å². The lowest BCUT2D eigenvalue weighted by Gasteiger charge is -2.12. The maximum Gasteiger partial charge on any atom is 0.146 e. The number of imidazole rings is 1. The van der Waals surface area contributed by atoms with Crippen LogP contribution in [0.15, 0.2) is 146 Å². The van der Waals surface area contributed by atoms with E-state index in [-0.39, 0.29) is 0 Å². The summed E-state index contributed by atoms with van der Waals surface area (Å²) in [6.45, 7) is 8.65. The van der Waals surface area contributed by atoms with Crippen molar-refractivity contribution in [2.24, 2.45) is 0 Å². The zero-order valence-corrected chi connectivity index (χ0v) is 25.6. The van der Waals surface area contributed by atoms with E-state index in [0.717, 1.165) is 60.4 Å². The molecule has 0 spiro atoms. The molecular weight excluding hydrogens is 573 g/mol. The van der Waals surface area contributed by atoms with Crippen LogP contribution in [-0.2, 0) is 0 Å². The second-order valence-corrected chi connectivity index (χ2v) is 12.2. The van der Waals surface area contributed by atoms with E-state index in [9.17, 15) is 0 Å². The first kappa shape index (κ1) is 25.9. The molecule has 0 unspecified atom stereocenters. The fourth-order valence-corrected chi connectivity index (χ4v) is 7.71. The normalized spacial score (nSPS) is 12.6. The van der Waals surface area contributed by atoms with E-state index in [0.29, 0.717) is 0 Å². The van der Waals surface area contributed by atoms with E-state index in [1.165, 1.54) is 32.6 Å². The van der Waals surface area contributed by atoms with E-state index in [1.807, 2.05) is 6.08 Å². The lowest BCUT2D eigenvalue weighted by Crippen LogP contribution is -2.27. The zero-order chi connectivity index (χ0) is 31.2. The van der Waals surface area contributed by atoms with Crippen molar-refractivity contribution < 1.29 is 0 Å². The van der Waals surface area contributed by atoms with E-state index >= 15 is 0 Å². The molecule has 0 fully saturated rings. The first-order valence-electron chi connectivity index (χ1n) is 15.9. The first-order valence-corrected chi connectivity index (χ1v) is 15.9. The Balaban J connectivity index is 1.31. The van der Waals surface area contributed by atoms with Crippen LogP contribution in [-0.4, -0.2) is 18.5 Å². The molecule has 0 amide bonds. The molecule has 0 bridgehead atoms. The van der Waals surface area contributed by atoms with Crippen molar-refractivity contribution >= 4 is 83.7 Å². The highest BCUT2D eigenvalue weighted by molar-refractivity contribution is 6.14. The molecule has 4 heterocycles. The van der Waals surface area contributed by atoms with Crippen LogP contribution in [0.3, 0.4) is 0 Å². The molecule has 6 aromatic carbocycles. The van der Waals surface area contributed by atoms with Crippen molar-refractivity contribution in [2.75, 3.05) is 0 Å². The van der Waals surface area contributed by atoms with Gasteiger partial charge in [-0.25, -0.2) is 4.98 Å². The smallest absolute Gasteiger partial charge is 0.146 e. The summed E-state index contributed by atoms with van der Waals surface area (Å²) < 4.78 is 7.00. The highest BCUT2D eigenvalue weighted by Crippen LogP contribution is 2.35. The number of pyridine rings is 1. The molecule has 4 heteroatoms. The van der Waals surface area contributed by atoms with Gasteiger partial charge in [0.2, 0.25) is 0 Å². The van der Waals surface area contributed by atoms with Gasteiger partial charge in [-0.05, 0) is 60.0 Å². The van der Waals surface area contributed by atoms with Gasteiger partial charge in [-0.1, -0.05) is 104 Å². The van der Waals surface area contributed by atoms with Crippen LogP contribution in [0.25, 0.3) is 95.1 Å². The quantitative estimate of drug-likeness (QED) is 0.186. The van der Waals surface area contributed by atoms with Crippen LogP contribution in [0.1, 0.15) is 0 Å². The minimum Gasteiger partial charge on any atom is -0.309 e. The number of hydrogen-bond acceptors (Lipinski definition) is 1. The van der Waals surface area contributed by atoms with Crippen LogP contribution in [0.4, 0.5) is 0 Å². The van der Waals surface area contributed by atoms with Crippen molar-refractivity contribution in [3.8, 4) is 11.4 Å². The minimum atomic E-state index is 0.949. The third-order valence-corrected chi connectivity index (χ3v) is 9.69. The first-order chi connectivity index (χ1) is 23.2. The minimum absolute atomic E-state index is 0.949. The molecule has 220 valence electrons. The molecule has 0 saturated heterocycles. The Morgan fingerprint density at radius 3 is 1.74 bits per heavy atom.